The van der Waals surface area contributed by atoms with Crippen molar-refractivity contribution in [3.05, 3.63) is 57.9 Å². The van der Waals surface area contributed by atoms with Crippen molar-refractivity contribution >= 4 is 11.4 Å². The molecule has 7 heteroatoms. The lowest BCUT2D eigenvalue weighted by molar-refractivity contribution is -0.384. The van der Waals surface area contributed by atoms with E-state index in [-0.39, 0.29) is 23.7 Å². The molecule has 2 aromatic rings. The molecular formula is C14H13FN2O4. The average molecular weight is 292 g/mol. The van der Waals surface area contributed by atoms with E-state index in [0.717, 1.165) is 6.07 Å². The van der Waals surface area contributed by atoms with E-state index in [1.165, 1.54) is 25.3 Å². The number of nitrogens with zero attached hydrogens (tertiary/aromatic N) is 1. The summed E-state index contributed by atoms with van der Waals surface area (Å²) in [5.41, 5.74) is -0.103. The maximum absolute atomic E-state index is 13.7. The lowest BCUT2D eigenvalue weighted by atomic mass is 10.1. The molecule has 0 spiro atoms. The number of nitrogens with one attached hydrogen (secondary N) is 1. The van der Waals surface area contributed by atoms with Crippen LogP contribution in [-0.2, 0) is 6.54 Å². The lowest BCUT2D eigenvalue weighted by Crippen LogP contribution is -2.05. The summed E-state index contributed by atoms with van der Waals surface area (Å²) in [6.45, 7) is 0.0393. The van der Waals surface area contributed by atoms with Gasteiger partial charge in [0.05, 0.1) is 12.0 Å². The van der Waals surface area contributed by atoms with E-state index < -0.39 is 10.7 Å². The highest BCUT2D eigenvalue weighted by atomic mass is 19.1. The minimum absolute atomic E-state index is 0.0393. The van der Waals surface area contributed by atoms with E-state index in [9.17, 15) is 19.6 Å². The van der Waals surface area contributed by atoms with Gasteiger partial charge in [0.15, 0.2) is 5.82 Å². The summed E-state index contributed by atoms with van der Waals surface area (Å²) in [4.78, 5) is 10.2. The summed E-state index contributed by atoms with van der Waals surface area (Å²) < 4.78 is 18.6. The lowest BCUT2D eigenvalue weighted by Gasteiger charge is -2.10. The molecule has 0 radical (unpaired) electrons. The van der Waals surface area contributed by atoms with Gasteiger partial charge in [-0.05, 0) is 18.2 Å². The molecule has 0 unspecified atom stereocenters. The van der Waals surface area contributed by atoms with Crippen molar-refractivity contribution in [3.63, 3.8) is 0 Å². The molecule has 0 atom stereocenters. The summed E-state index contributed by atoms with van der Waals surface area (Å²) in [5.74, 6) is -0.286. The number of nitro groups is 1. The van der Waals surface area contributed by atoms with Gasteiger partial charge in [0, 0.05) is 24.2 Å². The number of para-hydroxylation sites is 1. The predicted molar refractivity (Wildman–Crippen MR) is 75.0 cm³/mol. The summed E-state index contributed by atoms with van der Waals surface area (Å²) in [7, 11) is 1.47. The Morgan fingerprint density at radius 3 is 2.76 bits per heavy atom. The zero-order chi connectivity index (χ0) is 15.4. The monoisotopic (exact) mass is 292 g/mol. The Bertz CT molecular complexity index is 676. The smallest absolute Gasteiger partial charge is 0.295 e. The van der Waals surface area contributed by atoms with E-state index in [4.69, 9.17) is 4.74 Å². The molecule has 0 heterocycles. The second-order valence-corrected chi connectivity index (χ2v) is 4.24. The minimum Gasteiger partial charge on any atom is -0.507 e. The van der Waals surface area contributed by atoms with Crippen LogP contribution in [0.1, 0.15) is 5.56 Å². The SMILES string of the molecule is COc1ccc(CNc2c(F)cccc2[N+](=O)[O-])c(O)c1. The Labute approximate surface area is 119 Å². The Kier molecular flexibility index (Phi) is 4.22. The number of ether oxygens (including phenoxy) is 1. The Balaban J connectivity index is 2.22. The molecule has 0 aliphatic carbocycles. The van der Waals surface area contributed by atoms with Crippen molar-refractivity contribution in [1.82, 2.24) is 0 Å². The highest BCUT2D eigenvalue weighted by Gasteiger charge is 2.17. The first-order valence-corrected chi connectivity index (χ1v) is 6.05. The minimum atomic E-state index is -0.725. The van der Waals surface area contributed by atoms with Crippen LogP contribution in [0.5, 0.6) is 11.5 Å². The molecule has 2 N–H and O–H groups in total. The Morgan fingerprint density at radius 1 is 1.38 bits per heavy atom. The van der Waals surface area contributed by atoms with Gasteiger partial charge in [0.2, 0.25) is 0 Å². The van der Waals surface area contributed by atoms with Gasteiger partial charge in [-0.3, -0.25) is 10.1 Å². The molecule has 21 heavy (non-hydrogen) atoms. The molecule has 0 bridgehead atoms. The predicted octanol–water partition coefficient (Wildman–Crippen LogP) is 3.06. The standard InChI is InChI=1S/C14H13FN2O4/c1-21-10-6-5-9(13(18)7-10)8-16-14-11(15)3-2-4-12(14)17(19)20/h2-7,16,18H,8H2,1H3. The highest BCUT2D eigenvalue weighted by molar-refractivity contribution is 5.62. The van der Waals surface area contributed by atoms with E-state index in [0.29, 0.717) is 11.3 Å². The molecule has 0 aliphatic rings. The van der Waals surface area contributed by atoms with Crippen LogP contribution < -0.4 is 10.1 Å². The molecule has 2 rings (SSSR count). The van der Waals surface area contributed by atoms with Crippen LogP contribution in [0.4, 0.5) is 15.8 Å². The van der Waals surface area contributed by atoms with Gasteiger partial charge in [-0.1, -0.05) is 6.07 Å². The van der Waals surface area contributed by atoms with Crippen LogP contribution in [0, 0.1) is 15.9 Å². The normalized spacial score (nSPS) is 10.2. The average Bonchev–Trinajstić information content (AvgIpc) is 2.46. The van der Waals surface area contributed by atoms with Crippen molar-refractivity contribution in [1.29, 1.82) is 0 Å². The molecule has 2 aromatic carbocycles. The summed E-state index contributed by atoms with van der Waals surface area (Å²) in [5, 5.41) is 23.3. The summed E-state index contributed by atoms with van der Waals surface area (Å²) in [6, 6.07) is 8.24. The van der Waals surface area contributed by atoms with Gasteiger partial charge in [-0.25, -0.2) is 4.39 Å². The van der Waals surface area contributed by atoms with Crippen molar-refractivity contribution < 1.29 is 19.2 Å². The van der Waals surface area contributed by atoms with Gasteiger partial charge in [0.1, 0.15) is 17.2 Å². The Hall–Kier alpha value is -2.83. The molecule has 110 valence electrons. The molecular weight excluding hydrogens is 279 g/mol. The van der Waals surface area contributed by atoms with Crippen molar-refractivity contribution in [2.24, 2.45) is 0 Å². The number of anilines is 1. The van der Waals surface area contributed by atoms with E-state index in [1.54, 1.807) is 12.1 Å². The second-order valence-electron chi connectivity index (χ2n) is 4.24. The number of nitro benzene ring substituents is 1. The fraction of sp³-hybridized carbons (Fsp3) is 0.143. The van der Waals surface area contributed by atoms with E-state index >= 15 is 0 Å². The van der Waals surface area contributed by atoms with Gasteiger partial charge >= 0.3 is 0 Å². The third kappa shape index (κ3) is 3.19. The number of halogens is 1. The molecule has 0 fully saturated rings. The van der Waals surface area contributed by atoms with Gasteiger partial charge in [-0.15, -0.1) is 0 Å². The van der Waals surface area contributed by atoms with Gasteiger partial charge < -0.3 is 15.2 Å². The zero-order valence-electron chi connectivity index (χ0n) is 11.2. The van der Waals surface area contributed by atoms with E-state index in [1.807, 2.05) is 0 Å². The van der Waals surface area contributed by atoms with Crippen molar-refractivity contribution in [2.45, 2.75) is 6.54 Å². The fourth-order valence-electron chi connectivity index (χ4n) is 1.84. The summed E-state index contributed by atoms with van der Waals surface area (Å²) >= 11 is 0. The molecule has 0 saturated heterocycles. The maximum Gasteiger partial charge on any atom is 0.295 e. The van der Waals surface area contributed by atoms with Gasteiger partial charge in [0.25, 0.3) is 5.69 Å². The quantitative estimate of drug-likeness (QED) is 0.653. The number of hydrogen-bond donors (Lipinski definition) is 2. The van der Waals surface area contributed by atoms with Crippen LogP contribution in [0.2, 0.25) is 0 Å². The zero-order valence-corrected chi connectivity index (χ0v) is 11.2. The summed E-state index contributed by atoms with van der Waals surface area (Å²) in [6.07, 6.45) is 0. The number of rotatable bonds is 5. The highest BCUT2D eigenvalue weighted by Crippen LogP contribution is 2.29. The van der Waals surface area contributed by atoms with Crippen LogP contribution >= 0.6 is 0 Å². The Morgan fingerprint density at radius 2 is 2.14 bits per heavy atom. The molecule has 0 saturated carbocycles. The van der Waals surface area contributed by atoms with Crippen LogP contribution in [0.3, 0.4) is 0 Å². The first kappa shape index (κ1) is 14.6. The topological polar surface area (TPSA) is 84.6 Å². The third-order valence-electron chi connectivity index (χ3n) is 2.94. The van der Waals surface area contributed by atoms with E-state index in [2.05, 4.69) is 5.32 Å². The number of aromatic hydroxyl groups is 1. The van der Waals surface area contributed by atoms with Gasteiger partial charge in [-0.2, -0.15) is 0 Å². The maximum atomic E-state index is 13.7. The third-order valence-corrected chi connectivity index (χ3v) is 2.94. The number of hydrogen-bond acceptors (Lipinski definition) is 5. The van der Waals surface area contributed by atoms with Crippen molar-refractivity contribution in [2.75, 3.05) is 12.4 Å². The molecule has 0 aromatic heterocycles. The van der Waals surface area contributed by atoms with Crippen molar-refractivity contribution in [3.8, 4) is 11.5 Å². The number of methoxy groups -OCH3 is 1. The largest absolute Gasteiger partial charge is 0.507 e. The molecule has 6 nitrogen and oxygen atoms in total. The van der Waals surface area contributed by atoms with Crippen LogP contribution in [0.15, 0.2) is 36.4 Å². The number of phenolic OH excluding ortho intramolecular Hbond substituents is 1. The number of phenols is 1. The van der Waals surface area contributed by atoms with Crippen LogP contribution in [-0.4, -0.2) is 17.1 Å². The first-order chi connectivity index (χ1) is 10.0. The number of benzene rings is 2. The second kappa shape index (κ2) is 6.08. The van der Waals surface area contributed by atoms with Crippen LogP contribution in [0.25, 0.3) is 0 Å². The fourth-order valence-corrected chi connectivity index (χ4v) is 1.84. The first-order valence-electron chi connectivity index (χ1n) is 6.05. The molecule has 0 amide bonds. The molecule has 0 aliphatic heterocycles.